The lowest BCUT2D eigenvalue weighted by molar-refractivity contribution is 0.0536. The molecule has 0 amide bonds. The first-order chi connectivity index (χ1) is 5.33. The summed E-state index contributed by atoms with van der Waals surface area (Å²) in [6.07, 6.45) is 4.70. The van der Waals surface area contributed by atoms with Gasteiger partial charge in [-0.25, -0.2) is 4.98 Å². The molecule has 0 radical (unpaired) electrons. The summed E-state index contributed by atoms with van der Waals surface area (Å²) in [4.78, 5) is 3.85. The van der Waals surface area contributed by atoms with E-state index in [1.807, 2.05) is 4.57 Å². The summed E-state index contributed by atoms with van der Waals surface area (Å²) < 4.78 is 6.58. The monoisotopic (exact) mass is 156 g/mol. The SMILES string of the molecule is COCC(O)Cn1ccnc1. The zero-order valence-corrected chi connectivity index (χ0v) is 6.47. The molecule has 62 valence electrons. The lowest BCUT2D eigenvalue weighted by Gasteiger charge is -2.08. The Labute approximate surface area is 65.4 Å². The first-order valence-corrected chi connectivity index (χ1v) is 3.45. The second-order valence-corrected chi connectivity index (χ2v) is 2.37. The molecule has 0 aromatic carbocycles. The van der Waals surface area contributed by atoms with Crippen molar-refractivity contribution in [2.75, 3.05) is 13.7 Å². The number of hydrogen-bond donors (Lipinski definition) is 1. The molecule has 0 bridgehead atoms. The molecular weight excluding hydrogens is 144 g/mol. The van der Waals surface area contributed by atoms with Crippen LogP contribution in [0.2, 0.25) is 0 Å². The van der Waals surface area contributed by atoms with Crippen molar-refractivity contribution in [1.82, 2.24) is 9.55 Å². The number of aliphatic hydroxyl groups is 1. The van der Waals surface area contributed by atoms with Crippen LogP contribution in [0, 0.1) is 0 Å². The summed E-state index contributed by atoms with van der Waals surface area (Å²) in [6.45, 7) is 0.895. The van der Waals surface area contributed by atoms with Crippen molar-refractivity contribution < 1.29 is 9.84 Å². The van der Waals surface area contributed by atoms with Crippen LogP contribution in [0.4, 0.5) is 0 Å². The minimum atomic E-state index is -0.450. The number of methoxy groups -OCH3 is 1. The van der Waals surface area contributed by atoms with Crippen molar-refractivity contribution in [3.8, 4) is 0 Å². The van der Waals surface area contributed by atoms with Gasteiger partial charge in [-0.2, -0.15) is 0 Å². The molecule has 1 heterocycles. The van der Waals surface area contributed by atoms with Crippen molar-refractivity contribution in [3.63, 3.8) is 0 Å². The summed E-state index contributed by atoms with van der Waals surface area (Å²) in [7, 11) is 1.57. The Kier molecular flexibility index (Phi) is 3.07. The van der Waals surface area contributed by atoms with Crippen molar-refractivity contribution in [2.45, 2.75) is 12.6 Å². The van der Waals surface area contributed by atoms with Crippen LogP contribution < -0.4 is 0 Å². The van der Waals surface area contributed by atoms with Crippen molar-refractivity contribution in [2.24, 2.45) is 0 Å². The fourth-order valence-electron chi connectivity index (χ4n) is 0.883. The Hall–Kier alpha value is -0.870. The average molecular weight is 156 g/mol. The smallest absolute Gasteiger partial charge is 0.0952 e. The van der Waals surface area contributed by atoms with E-state index in [4.69, 9.17) is 4.74 Å². The maximum Gasteiger partial charge on any atom is 0.0952 e. The molecule has 1 aromatic heterocycles. The molecule has 1 aromatic rings. The van der Waals surface area contributed by atoms with Crippen LogP contribution >= 0.6 is 0 Å². The fourth-order valence-corrected chi connectivity index (χ4v) is 0.883. The van der Waals surface area contributed by atoms with Crippen LogP contribution in [0.1, 0.15) is 0 Å². The number of imidazole rings is 1. The molecule has 0 spiro atoms. The highest BCUT2D eigenvalue weighted by atomic mass is 16.5. The number of rotatable bonds is 4. The Morgan fingerprint density at radius 3 is 3.09 bits per heavy atom. The minimum Gasteiger partial charge on any atom is -0.389 e. The molecule has 1 atom stereocenters. The summed E-state index contributed by atoms with van der Waals surface area (Å²) in [5.41, 5.74) is 0. The van der Waals surface area contributed by atoms with Gasteiger partial charge in [-0.15, -0.1) is 0 Å². The summed E-state index contributed by atoms with van der Waals surface area (Å²) in [5, 5.41) is 9.25. The van der Waals surface area contributed by atoms with Gasteiger partial charge in [0.15, 0.2) is 0 Å². The minimum absolute atomic E-state index is 0.359. The van der Waals surface area contributed by atoms with E-state index in [0.29, 0.717) is 13.2 Å². The largest absolute Gasteiger partial charge is 0.389 e. The highest BCUT2D eigenvalue weighted by molar-refractivity contribution is 4.75. The number of hydrogen-bond acceptors (Lipinski definition) is 3. The summed E-state index contributed by atoms with van der Waals surface area (Å²) >= 11 is 0. The molecule has 0 fully saturated rings. The van der Waals surface area contributed by atoms with Crippen LogP contribution in [-0.2, 0) is 11.3 Å². The van der Waals surface area contributed by atoms with Gasteiger partial charge in [0.1, 0.15) is 0 Å². The highest BCUT2D eigenvalue weighted by Gasteiger charge is 2.02. The van der Waals surface area contributed by atoms with Crippen molar-refractivity contribution >= 4 is 0 Å². The van der Waals surface area contributed by atoms with E-state index < -0.39 is 6.10 Å². The van der Waals surface area contributed by atoms with E-state index in [0.717, 1.165) is 0 Å². The molecule has 1 N–H and O–H groups in total. The summed E-state index contributed by atoms with van der Waals surface area (Å²) in [6, 6.07) is 0. The van der Waals surface area contributed by atoms with E-state index in [9.17, 15) is 5.11 Å². The number of nitrogens with zero attached hydrogens (tertiary/aromatic N) is 2. The van der Waals surface area contributed by atoms with Crippen LogP contribution in [0.3, 0.4) is 0 Å². The molecule has 1 rings (SSSR count). The normalized spacial score (nSPS) is 13.3. The average Bonchev–Trinajstić information content (AvgIpc) is 2.40. The Morgan fingerprint density at radius 2 is 2.55 bits per heavy atom. The fraction of sp³-hybridized carbons (Fsp3) is 0.571. The van der Waals surface area contributed by atoms with Gasteiger partial charge in [-0.05, 0) is 0 Å². The molecule has 0 aliphatic carbocycles. The maximum absolute atomic E-state index is 9.25. The molecule has 4 heteroatoms. The zero-order valence-electron chi connectivity index (χ0n) is 6.47. The topological polar surface area (TPSA) is 47.3 Å². The zero-order chi connectivity index (χ0) is 8.10. The Morgan fingerprint density at radius 1 is 1.73 bits per heavy atom. The van der Waals surface area contributed by atoms with Gasteiger partial charge in [-0.1, -0.05) is 0 Å². The van der Waals surface area contributed by atoms with Gasteiger partial charge in [0, 0.05) is 19.5 Å². The molecule has 4 nitrogen and oxygen atoms in total. The number of aliphatic hydroxyl groups excluding tert-OH is 1. The van der Waals surface area contributed by atoms with Crippen LogP contribution in [-0.4, -0.2) is 34.5 Å². The van der Waals surface area contributed by atoms with Crippen molar-refractivity contribution in [3.05, 3.63) is 18.7 Å². The van der Waals surface area contributed by atoms with E-state index in [1.165, 1.54) is 0 Å². The van der Waals surface area contributed by atoms with Gasteiger partial charge in [0.2, 0.25) is 0 Å². The first kappa shape index (κ1) is 8.23. The highest BCUT2D eigenvalue weighted by Crippen LogP contribution is 1.91. The van der Waals surface area contributed by atoms with E-state index in [-0.39, 0.29) is 0 Å². The predicted octanol–water partition coefficient (Wildman–Crippen LogP) is -0.110. The second kappa shape index (κ2) is 4.10. The van der Waals surface area contributed by atoms with Crippen LogP contribution in [0.25, 0.3) is 0 Å². The Bertz CT molecular complexity index is 186. The van der Waals surface area contributed by atoms with Gasteiger partial charge >= 0.3 is 0 Å². The Balaban J connectivity index is 2.31. The van der Waals surface area contributed by atoms with Crippen molar-refractivity contribution in [1.29, 1.82) is 0 Å². The molecule has 0 aliphatic heterocycles. The van der Waals surface area contributed by atoms with E-state index in [1.54, 1.807) is 25.8 Å². The molecule has 0 aliphatic rings. The third-order valence-electron chi connectivity index (χ3n) is 1.34. The third-order valence-corrected chi connectivity index (χ3v) is 1.34. The molecular formula is C7H12N2O2. The van der Waals surface area contributed by atoms with Gasteiger partial charge in [0.25, 0.3) is 0 Å². The van der Waals surface area contributed by atoms with Gasteiger partial charge in [0.05, 0.1) is 25.6 Å². The lowest BCUT2D eigenvalue weighted by atomic mass is 10.4. The lowest BCUT2D eigenvalue weighted by Crippen LogP contribution is -2.20. The molecule has 0 saturated carbocycles. The number of aromatic nitrogens is 2. The quantitative estimate of drug-likeness (QED) is 0.661. The van der Waals surface area contributed by atoms with E-state index in [2.05, 4.69) is 4.98 Å². The molecule has 1 unspecified atom stereocenters. The summed E-state index contributed by atoms with van der Waals surface area (Å²) in [5.74, 6) is 0. The maximum atomic E-state index is 9.25. The molecule has 0 saturated heterocycles. The van der Waals surface area contributed by atoms with Gasteiger partial charge in [-0.3, -0.25) is 0 Å². The second-order valence-electron chi connectivity index (χ2n) is 2.37. The predicted molar refractivity (Wildman–Crippen MR) is 40.1 cm³/mol. The van der Waals surface area contributed by atoms with E-state index >= 15 is 0 Å². The first-order valence-electron chi connectivity index (χ1n) is 3.45. The van der Waals surface area contributed by atoms with Crippen LogP contribution in [0.5, 0.6) is 0 Å². The standard InChI is InChI=1S/C7H12N2O2/c1-11-5-7(10)4-9-3-2-8-6-9/h2-3,6-7,10H,4-5H2,1H3. The molecule has 11 heavy (non-hydrogen) atoms. The van der Waals surface area contributed by atoms with Gasteiger partial charge < -0.3 is 14.4 Å². The third kappa shape index (κ3) is 2.69. The van der Waals surface area contributed by atoms with Crippen LogP contribution in [0.15, 0.2) is 18.7 Å². The number of ether oxygens (including phenoxy) is 1.